The summed E-state index contributed by atoms with van der Waals surface area (Å²) in [6.07, 6.45) is 2.60. The second-order valence-corrected chi connectivity index (χ2v) is 4.18. The highest BCUT2D eigenvalue weighted by molar-refractivity contribution is 5.79. The highest BCUT2D eigenvalue weighted by Crippen LogP contribution is 2.29. The molecule has 0 bridgehead atoms. The van der Waals surface area contributed by atoms with E-state index in [0.29, 0.717) is 5.56 Å². The van der Waals surface area contributed by atoms with Gasteiger partial charge in [0.2, 0.25) is 0 Å². The molecule has 3 rings (SSSR count). The van der Waals surface area contributed by atoms with Crippen LogP contribution in [-0.2, 0) is 0 Å². The normalized spacial score (nSPS) is 10.6. The first-order chi connectivity index (χ1) is 9.31. The van der Waals surface area contributed by atoms with Crippen LogP contribution in [0, 0.1) is 0 Å². The Morgan fingerprint density at radius 3 is 2.84 bits per heavy atom. The first kappa shape index (κ1) is 11.5. The van der Waals surface area contributed by atoms with Crippen LogP contribution >= 0.6 is 0 Å². The number of pyridine rings is 1. The van der Waals surface area contributed by atoms with Crippen LogP contribution in [0.2, 0.25) is 0 Å². The van der Waals surface area contributed by atoms with E-state index in [0.717, 1.165) is 28.8 Å². The zero-order chi connectivity index (χ0) is 13.2. The zero-order valence-corrected chi connectivity index (χ0v) is 10.4. The number of benzene rings is 1. The molecule has 0 amide bonds. The van der Waals surface area contributed by atoms with Crippen LogP contribution in [0.15, 0.2) is 48.7 Å². The van der Waals surface area contributed by atoms with Gasteiger partial charge in [-0.25, -0.2) is 4.52 Å². The molecule has 19 heavy (non-hydrogen) atoms. The number of methoxy groups -OCH3 is 1. The molecule has 0 saturated carbocycles. The van der Waals surface area contributed by atoms with Crippen molar-refractivity contribution in [3.05, 3.63) is 54.2 Å². The van der Waals surface area contributed by atoms with Gasteiger partial charge in [-0.1, -0.05) is 12.1 Å². The predicted octanol–water partition coefficient (Wildman–Crippen LogP) is 2.82. The molecule has 2 heterocycles. The highest BCUT2D eigenvalue weighted by Gasteiger charge is 2.09. The quantitative estimate of drug-likeness (QED) is 0.673. The summed E-state index contributed by atoms with van der Waals surface area (Å²) < 4.78 is 7.08. The molecule has 1 aromatic carbocycles. The Hall–Kier alpha value is -2.62. The summed E-state index contributed by atoms with van der Waals surface area (Å²) in [5.41, 5.74) is 3.27. The Balaban J connectivity index is 2.17. The van der Waals surface area contributed by atoms with Crippen molar-refractivity contribution >= 4 is 11.8 Å². The van der Waals surface area contributed by atoms with Crippen molar-refractivity contribution in [1.82, 2.24) is 9.61 Å². The van der Waals surface area contributed by atoms with E-state index in [1.54, 1.807) is 30.0 Å². The third-order valence-electron chi connectivity index (χ3n) is 3.01. The van der Waals surface area contributed by atoms with Crippen molar-refractivity contribution < 1.29 is 9.53 Å². The summed E-state index contributed by atoms with van der Waals surface area (Å²) in [5, 5.41) is 4.49. The molecule has 3 aromatic rings. The van der Waals surface area contributed by atoms with Gasteiger partial charge in [0.1, 0.15) is 12.0 Å². The van der Waals surface area contributed by atoms with E-state index in [1.165, 1.54) is 0 Å². The van der Waals surface area contributed by atoms with Gasteiger partial charge in [-0.05, 0) is 30.3 Å². The minimum absolute atomic E-state index is 0.638. The second kappa shape index (κ2) is 4.57. The van der Waals surface area contributed by atoms with Crippen LogP contribution < -0.4 is 4.74 Å². The van der Waals surface area contributed by atoms with Crippen LogP contribution in [0.25, 0.3) is 16.8 Å². The van der Waals surface area contributed by atoms with Gasteiger partial charge in [-0.3, -0.25) is 4.79 Å². The smallest absolute Gasteiger partial charge is 0.150 e. The molecule has 0 unspecified atom stereocenters. The maximum absolute atomic E-state index is 10.8. The first-order valence-corrected chi connectivity index (χ1v) is 5.90. The molecule has 0 radical (unpaired) electrons. The SMILES string of the molecule is COc1ccccc1-c1cc2cc(C=O)ccn2n1. The van der Waals surface area contributed by atoms with Crippen molar-refractivity contribution in [1.29, 1.82) is 0 Å². The number of aromatic nitrogens is 2. The Kier molecular flexibility index (Phi) is 2.76. The van der Waals surface area contributed by atoms with Gasteiger partial charge in [0.25, 0.3) is 0 Å². The van der Waals surface area contributed by atoms with E-state index in [4.69, 9.17) is 4.74 Å². The highest BCUT2D eigenvalue weighted by atomic mass is 16.5. The molecule has 0 spiro atoms. The topological polar surface area (TPSA) is 43.6 Å². The van der Waals surface area contributed by atoms with Crippen LogP contribution in [0.5, 0.6) is 5.75 Å². The van der Waals surface area contributed by atoms with Gasteiger partial charge in [0.15, 0.2) is 0 Å². The fourth-order valence-corrected chi connectivity index (χ4v) is 2.07. The lowest BCUT2D eigenvalue weighted by Gasteiger charge is -2.04. The lowest BCUT2D eigenvalue weighted by molar-refractivity contribution is 0.112. The van der Waals surface area contributed by atoms with Crippen LogP contribution in [-0.4, -0.2) is 23.0 Å². The van der Waals surface area contributed by atoms with E-state index in [2.05, 4.69) is 5.10 Å². The number of hydrogen-bond acceptors (Lipinski definition) is 3. The summed E-state index contributed by atoms with van der Waals surface area (Å²) in [6, 6.07) is 13.2. The number of ether oxygens (including phenoxy) is 1. The van der Waals surface area contributed by atoms with E-state index < -0.39 is 0 Å². The zero-order valence-electron chi connectivity index (χ0n) is 10.4. The molecule has 0 N–H and O–H groups in total. The van der Waals surface area contributed by atoms with Crippen molar-refractivity contribution in [2.75, 3.05) is 7.11 Å². The second-order valence-electron chi connectivity index (χ2n) is 4.18. The number of nitrogens with zero attached hydrogens (tertiary/aromatic N) is 2. The van der Waals surface area contributed by atoms with Crippen LogP contribution in [0.3, 0.4) is 0 Å². The number of rotatable bonds is 3. The number of para-hydroxylation sites is 1. The number of carbonyl (C=O) groups is 1. The molecule has 0 aliphatic heterocycles. The standard InChI is InChI=1S/C15H12N2O2/c1-19-15-5-3-2-4-13(15)14-9-12-8-11(10-18)6-7-17(12)16-14/h2-10H,1H3. The molecule has 0 fully saturated rings. The summed E-state index contributed by atoms with van der Waals surface area (Å²) in [7, 11) is 1.64. The maximum atomic E-state index is 10.8. The lowest BCUT2D eigenvalue weighted by atomic mass is 10.1. The van der Waals surface area contributed by atoms with E-state index in [1.807, 2.05) is 30.3 Å². The van der Waals surface area contributed by atoms with Crippen LogP contribution in [0.4, 0.5) is 0 Å². The molecule has 0 atom stereocenters. The molecular weight excluding hydrogens is 240 g/mol. The Labute approximate surface area is 110 Å². The third-order valence-corrected chi connectivity index (χ3v) is 3.01. The number of carbonyl (C=O) groups excluding carboxylic acids is 1. The van der Waals surface area contributed by atoms with Crippen molar-refractivity contribution in [2.45, 2.75) is 0 Å². The molecule has 0 aliphatic rings. The van der Waals surface area contributed by atoms with Gasteiger partial charge in [-0.2, -0.15) is 5.10 Å². The molecule has 94 valence electrons. The number of fused-ring (bicyclic) bond motifs is 1. The predicted molar refractivity (Wildman–Crippen MR) is 72.6 cm³/mol. The minimum Gasteiger partial charge on any atom is -0.496 e. The molecule has 2 aromatic heterocycles. The molecule has 0 aliphatic carbocycles. The number of hydrogen-bond donors (Lipinski definition) is 0. The average molecular weight is 252 g/mol. The van der Waals surface area contributed by atoms with Gasteiger partial charge in [0, 0.05) is 17.3 Å². The molecule has 4 nitrogen and oxygen atoms in total. The first-order valence-electron chi connectivity index (χ1n) is 5.90. The van der Waals surface area contributed by atoms with Crippen LogP contribution in [0.1, 0.15) is 10.4 Å². The third kappa shape index (κ3) is 1.97. The summed E-state index contributed by atoms with van der Waals surface area (Å²) in [4.78, 5) is 10.8. The Morgan fingerprint density at radius 1 is 1.21 bits per heavy atom. The van der Waals surface area contributed by atoms with Crippen molar-refractivity contribution in [3.63, 3.8) is 0 Å². The minimum atomic E-state index is 0.638. The molecule has 4 heteroatoms. The van der Waals surface area contributed by atoms with Gasteiger partial charge in [-0.15, -0.1) is 0 Å². The molecule has 0 saturated heterocycles. The Morgan fingerprint density at radius 2 is 2.05 bits per heavy atom. The largest absolute Gasteiger partial charge is 0.496 e. The maximum Gasteiger partial charge on any atom is 0.150 e. The average Bonchev–Trinajstić information content (AvgIpc) is 2.89. The fraction of sp³-hybridized carbons (Fsp3) is 0.0667. The molecular formula is C15H12N2O2. The monoisotopic (exact) mass is 252 g/mol. The van der Waals surface area contributed by atoms with Gasteiger partial charge in [0.05, 0.1) is 18.3 Å². The van der Waals surface area contributed by atoms with Gasteiger partial charge >= 0.3 is 0 Å². The van der Waals surface area contributed by atoms with E-state index in [9.17, 15) is 4.79 Å². The van der Waals surface area contributed by atoms with E-state index >= 15 is 0 Å². The summed E-state index contributed by atoms with van der Waals surface area (Å²) in [5.74, 6) is 0.779. The Bertz CT molecular complexity index is 747. The van der Waals surface area contributed by atoms with Crippen molar-refractivity contribution in [3.8, 4) is 17.0 Å². The fourth-order valence-electron chi connectivity index (χ4n) is 2.07. The van der Waals surface area contributed by atoms with Crippen molar-refractivity contribution in [2.24, 2.45) is 0 Å². The van der Waals surface area contributed by atoms with Gasteiger partial charge < -0.3 is 4.74 Å². The van der Waals surface area contributed by atoms with E-state index in [-0.39, 0.29) is 0 Å². The number of aldehydes is 1. The summed E-state index contributed by atoms with van der Waals surface area (Å²) >= 11 is 0. The summed E-state index contributed by atoms with van der Waals surface area (Å²) in [6.45, 7) is 0. The lowest BCUT2D eigenvalue weighted by Crippen LogP contribution is -1.90.